The highest BCUT2D eigenvalue weighted by Crippen LogP contribution is 2.52. The van der Waals surface area contributed by atoms with Gasteiger partial charge >= 0.3 is 0 Å². The number of anilines is 1. The third-order valence-electron chi connectivity index (χ3n) is 9.75. The molecule has 0 radical (unpaired) electrons. The van der Waals surface area contributed by atoms with E-state index in [2.05, 4.69) is 93.2 Å². The molecule has 1 aliphatic rings. The number of nitriles is 4. The zero-order chi connectivity index (χ0) is 34.8. The summed E-state index contributed by atoms with van der Waals surface area (Å²) in [5.41, 5.74) is 5.85. The van der Waals surface area contributed by atoms with Crippen molar-refractivity contribution < 1.29 is 0 Å². The molecule has 0 saturated carbocycles. The highest BCUT2D eigenvalue weighted by Gasteiger charge is 2.31. The minimum atomic E-state index is -0.907. The van der Waals surface area contributed by atoms with Gasteiger partial charge in [-0.2, -0.15) is 21.0 Å². The second kappa shape index (κ2) is 11.3. The summed E-state index contributed by atoms with van der Waals surface area (Å²) in [7, 11) is 0. The second-order valence-corrected chi connectivity index (χ2v) is 15.2. The average Bonchev–Trinajstić information content (AvgIpc) is 3.08. The number of aliphatic imine (C=N–C) groups is 1. The lowest BCUT2D eigenvalue weighted by Gasteiger charge is -2.36. The number of aromatic nitrogens is 2. The predicted molar refractivity (Wildman–Crippen MR) is 195 cm³/mol. The van der Waals surface area contributed by atoms with Crippen LogP contribution in [0, 0.1) is 62.1 Å². The highest BCUT2D eigenvalue weighted by atomic mass is 15.0. The first kappa shape index (κ1) is 31.5. The summed E-state index contributed by atoms with van der Waals surface area (Å²) >= 11 is 0. The maximum Gasteiger partial charge on any atom is 0.177 e. The minimum absolute atomic E-state index is 0.0326. The van der Waals surface area contributed by atoms with Gasteiger partial charge in [0.15, 0.2) is 23.1 Å². The molecule has 0 spiro atoms. The monoisotopic (exact) mass is 638 g/mol. The topological polar surface area (TPSA) is 145 Å². The zero-order valence-corrected chi connectivity index (χ0v) is 28.4. The molecule has 0 bridgehead atoms. The molecule has 2 atom stereocenters. The lowest BCUT2D eigenvalue weighted by atomic mass is 9.70. The quantitative estimate of drug-likeness (QED) is 0.149. The summed E-state index contributed by atoms with van der Waals surface area (Å²) in [5.74, 6) is 0.507. The van der Waals surface area contributed by atoms with Crippen LogP contribution in [0.5, 0.6) is 0 Å². The Balaban J connectivity index is 1.53. The molecule has 8 heteroatoms. The van der Waals surface area contributed by atoms with Gasteiger partial charge in [-0.15, -0.1) is 0 Å². The molecular formula is C41H34N8. The molecule has 238 valence electrons. The van der Waals surface area contributed by atoms with Crippen molar-refractivity contribution in [3.63, 3.8) is 0 Å². The number of benzene rings is 5. The Kier molecular flexibility index (Phi) is 7.24. The number of rotatable bonds is 4. The van der Waals surface area contributed by atoms with Crippen molar-refractivity contribution in [2.24, 2.45) is 21.7 Å². The molecular weight excluding hydrogens is 605 g/mol. The molecule has 0 saturated heterocycles. The molecule has 1 N–H and O–H groups in total. The molecule has 6 aromatic rings. The van der Waals surface area contributed by atoms with Crippen LogP contribution in [-0.4, -0.2) is 21.7 Å². The van der Waals surface area contributed by atoms with Crippen LogP contribution in [0.15, 0.2) is 59.6 Å². The van der Waals surface area contributed by atoms with Gasteiger partial charge in [-0.05, 0) is 46.3 Å². The molecule has 1 aromatic heterocycles. The maximum atomic E-state index is 10.0. The Hall–Kier alpha value is -6.09. The Bertz CT molecular complexity index is 2540. The van der Waals surface area contributed by atoms with Crippen molar-refractivity contribution in [2.45, 2.75) is 60.4 Å². The van der Waals surface area contributed by atoms with Gasteiger partial charge in [0.2, 0.25) is 0 Å². The van der Waals surface area contributed by atoms with E-state index < -0.39 is 6.04 Å². The fourth-order valence-corrected chi connectivity index (χ4v) is 7.36. The summed E-state index contributed by atoms with van der Waals surface area (Å²) in [6.07, 6.45) is 2.09. The Morgan fingerprint density at radius 3 is 1.94 bits per heavy atom. The summed E-state index contributed by atoms with van der Waals surface area (Å²) < 4.78 is 0. The van der Waals surface area contributed by atoms with Crippen molar-refractivity contribution in [2.75, 3.05) is 5.32 Å². The Morgan fingerprint density at radius 1 is 0.735 bits per heavy atom. The molecule has 0 aliphatic carbocycles. The van der Waals surface area contributed by atoms with Gasteiger partial charge in [0.05, 0.1) is 28.5 Å². The van der Waals surface area contributed by atoms with Crippen molar-refractivity contribution >= 4 is 60.4 Å². The first-order valence-corrected chi connectivity index (χ1v) is 16.4. The Labute approximate surface area is 285 Å². The van der Waals surface area contributed by atoms with Gasteiger partial charge in [0.25, 0.3) is 0 Å². The number of nitrogens with zero attached hydrogens (tertiary/aromatic N) is 7. The standard InChI is InChI=1S/C41H34N8/c1-40(2,3)17-24(41(4,5)6)16-22-10-12-23(13-11-22)25-14-15-28-34-33-26(36-37(28)47-30(19-43)29(18-42)46-36)8-7-9-27(33)38-39(35(25)34)49-32(21-45)31(20-44)48-38/h7-15,24,31,48H,16-17H2,1-6H3. The molecule has 0 amide bonds. The fraction of sp³-hybridized carbons (Fsp3) is 0.293. The van der Waals surface area contributed by atoms with E-state index >= 15 is 0 Å². The van der Waals surface area contributed by atoms with Gasteiger partial charge in [0.1, 0.15) is 18.2 Å². The van der Waals surface area contributed by atoms with E-state index in [1.807, 2.05) is 42.5 Å². The smallest absolute Gasteiger partial charge is 0.177 e. The SMILES string of the molecule is CC(C)(C)CC(Cc1ccc(-c2ccc3c4nc(C#N)c(C#N)nc4c4cccc5c6c(c2c3c54)N=C(C#N)C(C#N)N6)cc1)C(C)(C)C. The molecule has 49 heavy (non-hydrogen) atoms. The fourth-order valence-electron chi connectivity index (χ4n) is 7.36. The van der Waals surface area contributed by atoms with Crippen LogP contribution in [0.2, 0.25) is 0 Å². The first-order chi connectivity index (χ1) is 23.4. The summed E-state index contributed by atoms with van der Waals surface area (Å²) in [4.78, 5) is 14.2. The van der Waals surface area contributed by atoms with Crippen LogP contribution >= 0.6 is 0 Å². The molecule has 2 heterocycles. The van der Waals surface area contributed by atoms with E-state index in [-0.39, 0.29) is 27.9 Å². The van der Waals surface area contributed by atoms with E-state index in [0.717, 1.165) is 56.3 Å². The van der Waals surface area contributed by atoms with Crippen LogP contribution in [0.25, 0.3) is 54.5 Å². The van der Waals surface area contributed by atoms with Gasteiger partial charge < -0.3 is 5.32 Å². The van der Waals surface area contributed by atoms with E-state index in [0.29, 0.717) is 28.3 Å². The predicted octanol–water partition coefficient (Wildman–Crippen LogP) is 9.49. The lowest BCUT2D eigenvalue weighted by molar-refractivity contribution is 0.164. The molecule has 8 nitrogen and oxygen atoms in total. The average molecular weight is 639 g/mol. The Morgan fingerprint density at radius 2 is 1.37 bits per heavy atom. The van der Waals surface area contributed by atoms with Crippen molar-refractivity contribution in [3.05, 3.63) is 71.5 Å². The van der Waals surface area contributed by atoms with E-state index in [1.165, 1.54) is 5.56 Å². The van der Waals surface area contributed by atoms with Crippen LogP contribution in [-0.2, 0) is 6.42 Å². The molecule has 1 aliphatic heterocycles. The largest absolute Gasteiger partial charge is 0.362 e. The second-order valence-electron chi connectivity index (χ2n) is 15.2. The molecule has 7 rings (SSSR count). The third-order valence-corrected chi connectivity index (χ3v) is 9.75. The van der Waals surface area contributed by atoms with E-state index in [1.54, 1.807) is 0 Å². The summed E-state index contributed by atoms with van der Waals surface area (Å²) in [6.45, 7) is 13.9. The van der Waals surface area contributed by atoms with Crippen LogP contribution in [0.3, 0.4) is 0 Å². The summed E-state index contributed by atoms with van der Waals surface area (Å²) in [5, 5.41) is 47.8. The number of hydrogen-bond donors (Lipinski definition) is 1. The molecule has 5 aromatic carbocycles. The van der Waals surface area contributed by atoms with Crippen molar-refractivity contribution in [1.82, 2.24) is 9.97 Å². The van der Waals surface area contributed by atoms with Gasteiger partial charge in [-0.1, -0.05) is 96.1 Å². The lowest BCUT2D eigenvalue weighted by Crippen LogP contribution is -2.29. The van der Waals surface area contributed by atoms with Crippen LogP contribution < -0.4 is 5.32 Å². The van der Waals surface area contributed by atoms with Crippen LogP contribution in [0.4, 0.5) is 11.4 Å². The minimum Gasteiger partial charge on any atom is -0.362 e. The van der Waals surface area contributed by atoms with Crippen LogP contribution in [0.1, 0.15) is 64.9 Å². The number of hydrogen-bond acceptors (Lipinski definition) is 8. The maximum absolute atomic E-state index is 10.0. The highest BCUT2D eigenvalue weighted by molar-refractivity contribution is 6.39. The normalized spacial score (nSPS) is 15.2. The zero-order valence-electron chi connectivity index (χ0n) is 28.4. The number of fused-ring (bicyclic) bond motifs is 6. The van der Waals surface area contributed by atoms with Crippen molar-refractivity contribution in [1.29, 1.82) is 21.0 Å². The summed E-state index contributed by atoms with van der Waals surface area (Å²) in [6, 6.07) is 26.0. The molecule has 0 fully saturated rings. The van der Waals surface area contributed by atoms with E-state index in [9.17, 15) is 21.0 Å². The van der Waals surface area contributed by atoms with Gasteiger partial charge in [-0.3, -0.25) is 0 Å². The third kappa shape index (κ3) is 5.14. The first-order valence-electron chi connectivity index (χ1n) is 16.4. The molecule has 2 unspecified atom stereocenters. The number of nitrogens with one attached hydrogen (secondary N) is 1. The van der Waals surface area contributed by atoms with E-state index in [4.69, 9.17) is 4.99 Å². The van der Waals surface area contributed by atoms with Gasteiger partial charge in [0, 0.05) is 32.3 Å². The van der Waals surface area contributed by atoms with Gasteiger partial charge in [-0.25, -0.2) is 15.0 Å². The van der Waals surface area contributed by atoms with Crippen molar-refractivity contribution in [3.8, 4) is 35.4 Å².